The monoisotopic (exact) mass is 330 g/mol. The molecule has 1 saturated carbocycles. The Bertz CT molecular complexity index is 507. The van der Waals surface area contributed by atoms with Gasteiger partial charge in [-0.25, -0.2) is 9.97 Å². The number of halogens is 1. The van der Waals surface area contributed by atoms with Crippen LogP contribution < -0.4 is 0 Å². The number of hydrogen-bond acceptors (Lipinski definition) is 6. The minimum Gasteiger partial charge on any atom is -0.469 e. The van der Waals surface area contributed by atoms with Crippen LogP contribution in [-0.4, -0.2) is 34.4 Å². The van der Waals surface area contributed by atoms with Crippen molar-refractivity contribution in [2.24, 2.45) is 11.8 Å². The Kier molecular flexibility index (Phi) is 5.84. The van der Waals surface area contributed by atoms with Gasteiger partial charge >= 0.3 is 5.97 Å². The molecule has 1 fully saturated rings. The van der Waals surface area contributed by atoms with E-state index in [0.29, 0.717) is 16.0 Å². The molecule has 0 unspecified atom stereocenters. The van der Waals surface area contributed by atoms with Crippen molar-refractivity contribution in [2.45, 2.75) is 36.9 Å². The normalized spacial score (nSPS) is 23.6. The van der Waals surface area contributed by atoms with Gasteiger partial charge in [0.2, 0.25) is 0 Å². The number of carbonyl (C=O) groups excluding carboxylic acids is 1. The van der Waals surface area contributed by atoms with Crippen molar-refractivity contribution < 1.29 is 14.6 Å². The summed E-state index contributed by atoms with van der Waals surface area (Å²) in [6.45, 7) is 0. The summed E-state index contributed by atoms with van der Waals surface area (Å²) in [4.78, 5) is 19.9. The number of nitrogens with zero attached hydrogens (tertiary/aromatic N) is 2. The van der Waals surface area contributed by atoms with Crippen LogP contribution in [0.1, 0.15) is 37.5 Å². The van der Waals surface area contributed by atoms with Crippen LogP contribution in [0.25, 0.3) is 0 Å². The number of carbonyl (C=O) groups is 1. The van der Waals surface area contributed by atoms with Crippen LogP contribution in [0.5, 0.6) is 0 Å². The summed E-state index contributed by atoms with van der Waals surface area (Å²) in [5.41, 5.74) is 0.556. The van der Waals surface area contributed by atoms with Crippen LogP contribution in [0, 0.1) is 11.8 Å². The second kappa shape index (κ2) is 7.42. The molecule has 1 aliphatic carbocycles. The molecule has 0 spiro atoms. The first-order valence-electron chi connectivity index (χ1n) is 6.89. The van der Waals surface area contributed by atoms with Gasteiger partial charge in [-0.1, -0.05) is 23.4 Å². The summed E-state index contributed by atoms with van der Waals surface area (Å²) in [5, 5.41) is 11.4. The minimum atomic E-state index is -0.671. The first-order valence-corrected chi connectivity index (χ1v) is 8.49. The van der Waals surface area contributed by atoms with E-state index >= 15 is 0 Å². The Labute approximate surface area is 133 Å². The number of aliphatic hydroxyl groups excluding tert-OH is 1. The van der Waals surface area contributed by atoms with Crippen LogP contribution in [0.3, 0.4) is 0 Å². The van der Waals surface area contributed by atoms with E-state index in [0.717, 1.165) is 25.7 Å². The zero-order valence-corrected chi connectivity index (χ0v) is 13.7. The fourth-order valence-corrected chi connectivity index (χ4v) is 3.36. The van der Waals surface area contributed by atoms with E-state index in [2.05, 4.69) is 9.97 Å². The molecular weight excluding hydrogens is 312 g/mol. The third kappa shape index (κ3) is 4.08. The largest absolute Gasteiger partial charge is 0.469 e. The third-order valence-corrected chi connectivity index (χ3v) is 4.67. The molecule has 116 valence electrons. The van der Waals surface area contributed by atoms with Crippen LogP contribution in [0.15, 0.2) is 11.2 Å². The van der Waals surface area contributed by atoms with Crippen molar-refractivity contribution >= 4 is 29.3 Å². The lowest BCUT2D eigenvalue weighted by Gasteiger charge is -2.30. The van der Waals surface area contributed by atoms with Gasteiger partial charge in [0.15, 0.2) is 5.16 Å². The topological polar surface area (TPSA) is 72.3 Å². The highest BCUT2D eigenvalue weighted by atomic mass is 35.5. The van der Waals surface area contributed by atoms with Crippen LogP contribution >= 0.6 is 23.4 Å². The van der Waals surface area contributed by atoms with Gasteiger partial charge in [0.25, 0.3) is 0 Å². The Morgan fingerprint density at radius 1 is 1.43 bits per heavy atom. The number of esters is 1. The number of thioether (sulfide) groups is 1. The van der Waals surface area contributed by atoms with Crippen molar-refractivity contribution in [1.82, 2.24) is 9.97 Å². The molecule has 1 atom stereocenters. The Balaban J connectivity index is 2.03. The molecule has 0 amide bonds. The molecule has 0 aromatic carbocycles. The summed E-state index contributed by atoms with van der Waals surface area (Å²) in [5.74, 6) is -0.113. The second-order valence-electron chi connectivity index (χ2n) is 5.18. The summed E-state index contributed by atoms with van der Waals surface area (Å²) in [6.07, 6.45) is 4.22. The van der Waals surface area contributed by atoms with Crippen molar-refractivity contribution in [3.63, 3.8) is 0 Å². The molecule has 1 aliphatic rings. The average Bonchev–Trinajstić information content (AvgIpc) is 2.52. The molecule has 1 N–H and O–H groups in total. The fourth-order valence-electron chi connectivity index (χ4n) is 2.73. The molecule has 2 rings (SSSR count). The second-order valence-corrected chi connectivity index (χ2v) is 6.34. The van der Waals surface area contributed by atoms with Crippen LogP contribution in [-0.2, 0) is 9.53 Å². The van der Waals surface area contributed by atoms with E-state index in [9.17, 15) is 9.90 Å². The van der Waals surface area contributed by atoms with Gasteiger partial charge < -0.3 is 9.84 Å². The maximum Gasteiger partial charge on any atom is 0.308 e. The number of rotatable bonds is 4. The number of hydrogen-bond donors (Lipinski definition) is 1. The molecule has 1 heterocycles. The predicted octanol–water partition coefficient (Wildman–Crippen LogP) is 2.86. The van der Waals surface area contributed by atoms with Crippen molar-refractivity contribution in [2.75, 3.05) is 13.4 Å². The van der Waals surface area contributed by atoms with Gasteiger partial charge in [0, 0.05) is 0 Å². The number of ether oxygens (including phenoxy) is 1. The Morgan fingerprint density at radius 3 is 2.67 bits per heavy atom. The van der Waals surface area contributed by atoms with Gasteiger partial charge in [-0.15, -0.1) is 0 Å². The summed E-state index contributed by atoms with van der Waals surface area (Å²) >= 11 is 7.35. The average molecular weight is 331 g/mol. The Hall–Kier alpha value is -0.850. The molecule has 7 heteroatoms. The first kappa shape index (κ1) is 16.5. The summed E-state index contributed by atoms with van der Waals surface area (Å²) in [7, 11) is 1.41. The van der Waals surface area contributed by atoms with Gasteiger partial charge in [-0.05, 0) is 43.9 Å². The molecule has 0 aliphatic heterocycles. The third-order valence-electron chi connectivity index (χ3n) is 3.93. The molecule has 5 nitrogen and oxygen atoms in total. The lowest BCUT2D eigenvalue weighted by molar-refractivity contribution is -0.147. The maximum absolute atomic E-state index is 11.5. The lowest BCUT2D eigenvalue weighted by Crippen LogP contribution is -2.26. The van der Waals surface area contributed by atoms with Gasteiger partial charge in [0.1, 0.15) is 5.15 Å². The number of methoxy groups -OCH3 is 1. The highest BCUT2D eigenvalue weighted by Gasteiger charge is 2.31. The van der Waals surface area contributed by atoms with Gasteiger partial charge in [0.05, 0.1) is 24.8 Å². The highest BCUT2D eigenvalue weighted by Crippen LogP contribution is 2.37. The molecule has 0 radical (unpaired) electrons. The number of aliphatic hydroxyl groups is 1. The maximum atomic E-state index is 11.5. The van der Waals surface area contributed by atoms with Crippen LogP contribution in [0.4, 0.5) is 0 Å². The quantitative estimate of drug-likeness (QED) is 0.396. The highest BCUT2D eigenvalue weighted by molar-refractivity contribution is 7.98. The van der Waals surface area contributed by atoms with Crippen molar-refractivity contribution in [3.8, 4) is 0 Å². The van der Waals surface area contributed by atoms with Gasteiger partial charge in [-0.3, -0.25) is 4.79 Å². The van der Waals surface area contributed by atoms with Gasteiger partial charge in [-0.2, -0.15) is 0 Å². The molecule has 1 aromatic rings. The molecule has 21 heavy (non-hydrogen) atoms. The predicted molar refractivity (Wildman–Crippen MR) is 81.2 cm³/mol. The summed E-state index contributed by atoms with van der Waals surface area (Å²) < 4.78 is 4.77. The Morgan fingerprint density at radius 2 is 2.10 bits per heavy atom. The van der Waals surface area contributed by atoms with Crippen molar-refractivity contribution in [1.29, 1.82) is 0 Å². The van der Waals surface area contributed by atoms with E-state index in [1.807, 2.05) is 6.26 Å². The van der Waals surface area contributed by atoms with E-state index in [1.165, 1.54) is 18.9 Å². The summed E-state index contributed by atoms with van der Waals surface area (Å²) in [6, 6.07) is 1.61. The minimum absolute atomic E-state index is 0.0470. The standard InChI is InChI=1S/C14H19ClN2O3S/c1-20-13(19)9-5-3-8(4-6-9)12(18)10-7-11(15)17-14(16-10)21-2/h7-9,12,18H,3-6H2,1-2H3/t8-,9-,12-/m1/s1. The molecular formula is C14H19ClN2O3S. The molecule has 0 bridgehead atoms. The van der Waals surface area contributed by atoms with E-state index < -0.39 is 6.10 Å². The smallest absolute Gasteiger partial charge is 0.308 e. The van der Waals surface area contributed by atoms with Crippen molar-refractivity contribution in [3.05, 3.63) is 16.9 Å². The molecule has 1 aromatic heterocycles. The molecule has 0 saturated heterocycles. The fraction of sp³-hybridized carbons (Fsp3) is 0.643. The number of aromatic nitrogens is 2. The SMILES string of the molecule is COC(=O)[C@H]1CC[C@H]([C@@H](O)c2cc(Cl)nc(SC)n2)CC1. The zero-order valence-electron chi connectivity index (χ0n) is 12.1. The lowest BCUT2D eigenvalue weighted by atomic mass is 9.78. The van der Waals surface area contributed by atoms with E-state index in [-0.39, 0.29) is 17.8 Å². The van der Waals surface area contributed by atoms with E-state index in [4.69, 9.17) is 16.3 Å². The van der Waals surface area contributed by atoms with E-state index in [1.54, 1.807) is 6.07 Å². The zero-order chi connectivity index (χ0) is 15.4. The first-order chi connectivity index (χ1) is 10.0. The van der Waals surface area contributed by atoms with Crippen LogP contribution in [0.2, 0.25) is 5.15 Å².